The minimum atomic E-state index is -0.189. The fourth-order valence-corrected chi connectivity index (χ4v) is 3.91. The molecule has 1 saturated heterocycles. The Bertz CT molecular complexity index is 907. The number of benzene rings is 2. The van der Waals surface area contributed by atoms with Crippen LogP contribution in [0.2, 0.25) is 0 Å². The second-order valence-electron chi connectivity index (χ2n) is 7.20. The van der Waals surface area contributed by atoms with Gasteiger partial charge in [0, 0.05) is 17.1 Å². The quantitative estimate of drug-likeness (QED) is 0.658. The SMILES string of the molecule is CN1CCCCC1C(NC(=O)Nc1ccc2[nH]ncc2c1)c1ccccc1. The Morgan fingerprint density at radius 2 is 2.07 bits per heavy atom. The monoisotopic (exact) mass is 363 g/mol. The van der Waals surface area contributed by atoms with Crippen molar-refractivity contribution in [2.45, 2.75) is 31.3 Å². The number of hydrogen-bond donors (Lipinski definition) is 3. The predicted octanol–water partition coefficient (Wildman–Crippen LogP) is 3.91. The molecule has 1 fully saturated rings. The van der Waals surface area contributed by atoms with Crippen molar-refractivity contribution >= 4 is 22.6 Å². The molecule has 3 aromatic rings. The topological polar surface area (TPSA) is 73.1 Å². The standard InChI is InChI=1S/C21H25N5O/c1-26-12-6-5-9-19(26)20(15-7-3-2-4-8-15)24-21(27)23-17-10-11-18-16(13-17)14-22-25-18/h2-4,7-8,10-11,13-14,19-20H,5-6,9,12H2,1H3,(H,22,25)(H2,23,24,27). The van der Waals surface area contributed by atoms with Crippen LogP contribution in [-0.4, -0.2) is 40.8 Å². The number of aromatic nitrogens is 2. The predicted molar refractivity (Wildman–Crippen MR) is 108 cm³/mol. The molecule has 2 unspecified atom stereocenters. The first-order valence-corrected chi connectivity index (χ1v) is 9.46. The summed E-state index contributed by atoms with van der Waals surface area (Å²) in [7, 11) is 2.15. The van der Waals surface area contributed by atoms with Crippen LogP contribution < -0.4 is 10.6 Å². The van der Waals surface area contributed by atoms with Crippen molar-refractivity contribution in [1.29, 1.82) is 0 Å². The van der Waals surface area contributed by atoms with Gasteiger partial charge in [0.05, 0.1) is 17.8 Å². The highest BCUT2D eigenvalue weighted by molar-refractivity contribution is 5.92. The molecule has 2 atom stereocenters. The number of nitrogens with one attached hydrogen (secondary N) is 3. The number of urea groups is 1. The number of likely N-dealkylation sites (tertiary alicyclic amines) is 1. The number of nitrogens with zero attached hydrogens (tertiary/aromatic N) is 2. The van der Waals surface area contributed by atoms with Gasteiger partial charge in [-0.2, -0.15) is 5.10 Å². The highest BCUT2D eigenvalue weighted by Gasteiger charge is 2.30. The third-order valence-corrected chi connectivity index (χ3v) is 5.35. The lowest BCUT2D eigenvalue weighted by molar-refractivity contribution is 0.147. The fourth-order valence-electron chi connectivity index (χ4n) is 3.91. The summed E-state index contributed by atoms with van der Waals surface area (Å²) in [5.41, 5.74) is 2.84. The minimum absolute atomic E-state index is 0.0471. The third kappa shape index (κ3) is 3.95. The molecule has 0 saturated carbocycles. The van der Waals surface area contributed by atoms with E-state index in [1.165, 1.54) is 12.8 Å². The van der Waals surface area contributed by atoms with Crippen molar-refractivity contribution in [3.63, 3.8) is 0 Å². The molecule has 6 nitrogen and oxygen atoms in total. The van der Waals surface area contributed by atoms with Crippen molar-refractivity contribution in [3.05, 3.63) is 60.3 Å². The largest absolute Gasteiger partial charge is 0.329 e. The van der Waals surface area contributed by atoms with Crippen LogP contribution >= 0.6 is 0 Å². The lowest BCUT2D eigenvalue weighted by Gasteiger charge is -2.38. The second kappa shape index (κ2) is 7.80. The van der Waals surface area contributed by atoms with E-state index in [4.69, 9.17) is 0 Å². The van der Waals surface area contributed by atoms with E-state index in [-0.39, 0.29) is 12.1 Å². The maximum absolute atomic E-state index is 12.8. The molecule has 0 spiro atoms. The van der Waals surface area contributed by atoms with Crippen LogP contribution in [0.25, 0.3) is 10.9 Å². The fraction of sp³-hybridized carbons (Fsp3) is 0.333. The summed E-state index contributed by atoms with van der Waals surface area (Å²) in [6.45, 7) is 1.06. The molecule has 4 rings (SSSR count). The van der Waals surface area contributed by atoms with E-state index in [1.807, 2.05) is 36.4 Å². The van der Waals surface area contributed by atoms with Crippen LogP contribution in [0.15, 0.2) is 54.7 Å². The maximum Gasteiger partial charge on any atom is 0.319 e. The molecule has 1 aromatic heterocycles. The molecule has 1 aliphatic heterocycles. The highest BCUT2D eigenvalue weighted by atomic mass is 16.2. The van der Waals surface area contributed by atoms with Gasteiger partial charge in [-0.15, -0.1) is 0 Å². The Labute approximate surface area is 159 Å². The first-order valence-electron chi connectivity index (χ1n) is 9.46. The average molecular weight is 363 g/mol. The molecular weight excluding hydrogens is 338 g/mol. The van der Waals surface area contributed by atoms with Crippen LogP contribution in [0.5, 0.6) is 0 Å². The van der Waals surface area contributed by atoms with E-state index in [1.54, 1.807) is 6.20 Å². The van der Waals surface area contributed by atoms with Crippen LogP contribution in [-0.2, 0) is 0 Å². The van der Waals surface area contributed by atoms with Crippen molar-refractivity contribution in [3.8, 4) is 0 Å². The van der Waals surface area contributed by atoms with Gasteiger partial charge in [-0.05, 0) is 50.2 Å². The van der Waals surface area contributed by atoms with Gasteiger partial charge in [-0.3, -0.25) is 5.10 Å². The maximum atomic E-state index is 12.8. The summed E-state index contributed by atoms with van der Waals surface area (Å²) < 4.78 is 0. The van der Waals surface area contributed by atoms with E-state index in [9.17, 15) is 4.79 Å². The smallest absolute Gasteiger partial charge is 0.319 e. The summed E-state index contributed by atoms with van der Waals surface area (Å²) in [5.74, 6) is 0. The summed E-state index contributed by atoms with van der Waals surface area (Å²) in [6.07, 6.45) is 5.24. The summed E-state index contributed by atoms with van der Waals surface area (Å²) in [4.78, 5) is 15.1. The zero-order valence-electron chi connectivity index (χ0n) is 15.5. The summed E-state index contributed by atoms with van der Waals surface area (Å²) >= 11 is 0. The van der Waals surface area contributed by atoms with E-state index >= 15 is 0 Å². The van der Waals surface area contributed by atoms with Crippen molar-refractivity contribution in [1.82, 2.24) is 20.4 Å². The van der Waals surface area contributed by atoms with Crippen molar-refractivity contribution in [2.24, 2.45) is 0 Å². The van der Waals surface area contributed by atoms with Gasteiger partial charge in [-0.25, -0.2) is 4.79 Å². The Morgan fingerprint density at radius 1 is 1.22 bits per heavy atom. The van der Waals surface area contributed by atoms with Gasteiger partial charge in [0.1, 0.15) is 0 Å². The minimum Gasteiger partial charge on any atom is -0.329 e. The van der Waals surface area contributed by atoms with Crippen LogP contribution in [0, 0.1) is 0 Å². The molecule has 0 aliphatic carbocycles. The number of aromatic amines is 1. The molecule has 0 radical (unpaired) electrons. The molecule has 2 aromatic carbocycles. The average Bonchev–Trinajstić information content (AvgIpc) is 3.15. The molecule has 6 heteroatoms. The number of piperidine rings is 1. The Balaban J connectivity index is 1.52. The van der Waals surface area contributed by atoms with Gasteiger partial charge >= 0.3 is 6.03 Å². The Kier molecular flexibility index (Phi) is 5.07. The zero-order valence-corrected chi connectivity index (χ0v) is 15.5. The number of amides is 2. The molecule has 2 amide bonds. The number of likely N-dealkylation sites (N-methyl/N-ethyl adjacent to an activating group) is 1. The molecule has 3 N–H and O–H groups in total. The molecule has 27 heavy (non-hydrogen) atoms. The lowest BCUT2D eigenvalue weighted by atomic mass is 9.91. The van der Waals surface area contributed by atoms with E-state index in [2.05, 4.69) is 44.9 Å². The molecule has 2 heterocycles. The van der Waals surface area contributed by atoms with E-state index in [0.29, 0.717) is 6.04 Å². The van der Waals surface area contributed by atoms with Crippen LogP contribution in [0.3, 0.4) is 0 Å². The van der Waals surface area contributed by atoms with Gasteiger partial charge < -0.3 is 15.5 Å². The highest BCUT2D eigenvalue weighted by Crippen LogP contribution is 2.28. The zero-order chi connectivity index (χ0) is 18.6. The number of hydrogen-bond acceptors (Lipinski definition) is 3. The first kappa shape index (κ1) is 17.5. The number of H-pyrrole nitrogens is 1. The van der Waals surface area contributed by atoms with Crippen molar-refractivity contribution < 1.29 is 4.79 Å². The van der Waals surface area contributed by atoms with Crippen LogP contribution in [0.1, 0.15) is 30.9 Å². The van der Waals surface area contributed by atoms with Gasteiger partial charge in [0.2, 0.25) is 0 Å². The van der Waals surface area contributed by atoms with E-state index in [0.717, 1.165) is 35.1 Å². The molecule has 1 aliphatic rings. The third-order valence-electron chi connectivity index (χ3n) is 5.35. The Morgan fingerprint density at radius 3 is 2.89 bits per heavy atom. The van der Waals surface area contributed by atoms with E-state index < -0.39 is 0 Å². The second-order valence-corrected chi connectivity index (χ2v) is 7.20. The first-order chi connectivity index (χ1) is 13.2. The summed E-state index contributed by atoms with van der Waals surface area (Å²) in [5, 5.41) is 14.1. The molecule has 0 bridgehead atoms. The summed E-state index contributed by atoms with van der Waals surface area (Å²) in [6, 6.07) is 16.0. The lowest BCUT2D eigenvalue weighted by Crippen LogP contribution is -2.47. The van der Waals surface area contributed by atoms with Gasteiger partial charge in [0.15, 0.2) is 0 Å². The molecular formula is C21H25N5O. The number of fused-ring (bicyclic) bond motifs is 1. The van der Waals surface area contributed by atoms with Crippen molar-refractivity contribution in [2.75, 3.05) is 18.9 Å². The number of anilines is 1. The van der Waals surface area contributed by atoms with Crippen LogP contribution in [0.4, 0.5) is 10.5 Å². The number of rotatable bonds is 4. The molecule has 140 valence electrons. The van der Waals surface area contributed by atoms with Gasteiger partial charge in [-0.1, -0.05) is 36.8 Å². The van der Waals surface area contributed by atoms with Gasteiger partial charge in [0.25, 0.3) is 0 Å². The Hall–Kier alpha value is -2.86. The number of carbonyl (C=O) groups is 1. The number of carbonyl (C=O) groups excluding carboxylic acids is 1. The normalized spacial score (nSPS) is 18.9.